The second-order valence-electron chi connectivity index (χ2n) is 5.70. The minimum Gasteiger partial charge on any atom is -0.507 e. The molecule has 7 nitrogen and oxygen atoms in total. The van der Waals surface area contributed by atoms with E-state index in [0.717, 1.165) is 0 Å². The average molecular weight is 353 g/mol. The van der Waals surface area contributed by atoms with Crippen molar-refractivity contribution < 1.29 is 29.0 Å². The van der Waals surface area contributed by atoms with Gasteiger partial charge < -0.3 is 14.6 Å². The van der Waals surface area contributed by atoms with Crippen molar-refractivity contribution in [1.29, 1.82) is 0 Å². The summed E-state index contributed by atoms with van der Waals surface area (Å²) in [4.78, 5) is 33.9. The van der Waals surface area contributed by atoms with Crippen LogP contribution in [0.2, 0.25) is 0 Å². The smallest absolute Gasteiger partial charge is 0.410 e. The molecular weight excluding hydrogens is 326 g/mol. The molecule has 25 heavy (non-hydrogen) atoms. The minimum absolute atomic E-state index is 0.0722. The average Bonchev–Trinajstić information content (AvgIpc) is 2.59. The summed E-state index contributed by atoms with van der Waals surface area (Å²) in [6, 6.07) is 0. The number of nitrogens with one attached hydrogen (secondary N) is 1. The molecule has 140 valence electrons. The molecule has 0 fully saturated rings. The lowest BCUT2D eigenvalue weighted by Crippen LogP contribution is -2.16. The molecular formula is C18H27NO6. The van der Waals surface area contributed by atoms with Crippen LogP contribution in [0.1, 0.15) is 33.6 Å². The highest BCUT2D eigenvalue weighted by Crippen LogP contribution is 2.20. The van der Waals surface area contributed by atoms with Gasteiger partial charge in [0.15, 0.2) is 12.1 Å². The molecule has 0 spiro atoms. The summed E-state index contributed by atoms with van der Waals surface area (Å²) in [6.07, 6.45) is 5.65. The summed E-state index contributed by atoms with van der Waals surface area (Å²) in [5, 5.41) is 12.5. The van der Waals surface area contributed by atoms with Gasteiger partial charge in [-0.15, -0.1) is 0 Å². The van der Waals surface area contributed by atoms with Crippen molar-refractivity contribution in [1.82, 2.24) is 5.32 Å². The molecule has 0 heterocycles. The first-order chi connectivity index (χ1) is 11.8. The van der Waals surface area contributed by atoms with Crippen molar-refractivity contribution in [2.24, 2.45) is 11.8 Å². The third kappa shape index (κ3) is 8.19. The van der Waals surface area contributed by atoms with Crippen LogP contribution in [-0.2, 0) is 19.1 Å². The molecule has 1 amide bonds. The van der Waals surface area contributed by atoms with Crippen molar-refractivity contribution in [2.75, 3.05) is 14.2 Å². The highest BCUT2D eigenvalue weighted by molar-refractivity contribution is 6.13. The van der Waals surface area contributed by atoms with E-state index in [2.05, 4.69) is 10.1 Å². The first kappa shape index (κ1) is 22.4. The van der Waals surface area contributed by atoms with Gasteiger partial charge in [0.2, 0.25) is 0 Å². The normalized spacial score (nSPS) is 14.1. The Kier molecular flexibility index (Phi) is 10.7. The third-order valence-electron chi connectivity index (χ3n) is 3.45. The number of hydrogen-bond acceptors (Lipinski definition) is 6. The SMILES string of the molecule is COC(=O)N/C=C/CCC(C)/C(=C/C(O)=C(\C=O)C(=O)C(C)C)OC. The zero-order valence-corrected chi connectivity index (χ0v) is 15.4. The first-order valence-corrected chi connectivity index (χ1v) is 7.96. The largest absolute Gasteiger partial charge is 0.507 e. The van der Waals surface area contributed by atoms with Crippen molar-refractivity contribution in [2.45, 2.75) is 33.6 Å². The number of rotatable bonds is 10. The lowest BCUT2D eigenvalue weighted by molar-refractivity contribution is -0.120. The van der Waals surface area contributed by atoms with E-state index in [9.17, 15) is 19.5 Å². The van der Waals surface area contributed by atoms with Crippen LogP contribution in [0.4, 0.5) is 4.79 Å². The predicted molar refractivity (Wildman–Crippen MR) is 93.7 cm³/mol. The quantitative estimate of drug-likeness (QED) is 0.156. The Bertz CT molecular complexity index is 560. The molecule has 0 rings (SSSR count). The second-order valence-corrected chi connectivity index (χ2v) is 5.70. The standard InChI is InChI=1S/C18H27NO6/c1-12(2)17(22)14(11-20)15(21)10-16(24-4)13(3)8-6-7-9-19-18(23)25-5/h7,9-13,21H,6,8H2,1-5H3,(H,19,23)/b9-7+,15-14-,16-10-. The number of carbonyl (C=O) groups excluding carboxylic acids is 3. The molecule has 0 aliphatic heterocycles. The van der Waals surface area contributed by atoms with Crippen molar-refractivity contribution >= 4 is 18.2 Å². The van der Waals surface area contributed by atoms with Gasteiger partial charge in [-0.1, -0.05) is 26.8 Å². The molecule has 0 aromatic rings. The molecule has 0 aromatic heterocycles. The van der Waals surface area contributed by atoms with E-state index in [1.165, 1.54) is 26.5 Å². The van der Waals surface area contributed by atoms with Gasteiger partial charge in [0.1, 0.15) is 11.5 Å². The lowest BCUT2D eigenvalue weighted by atomic mass is 9.98. The Morgan fingerprint density at radius 1 is 1.16 bits per heavy atom. The van der Waals surface area contributed by atoms with Gasteiger partial charge in [-0.3, -0.25) is 14.9 Å². The van der Waals surface area contributed by atoms with E-state index in [-0.39, 0.29) is 11.5 Å². The number of Topliss-reactive ketones (excluding diaryl/α,β-unsaturated/α-hetero) is 1. The maximum atomic E-state index is 11.9. The summed E-state index contributed by atoms with van der Waals surface area (Å²) in [6.45, 7) is 5.18. The number of methoxy groups -OCH3 is 2. The van der Waals surface area contributed by atoms with Crippen LogP contribution in [-0.4, -0.2) is 37.5 Å². The van der Waals surface area contributed by atoms with E-state index in [1.807, 2.05) is 6.92 Å². The maximum Gasteiger partial charge on any atom is 0.410 e. The van der Waals surface area contributed by atoms with E-state index in [1.54, 1.807) is 19.9 Å². The molecule has 0 aliphatic carbocycles. The van der Waals surface area contributed by atoms with E-state index in [0.29, 0.717) is 24.9 Å². The Labute approximate surface area is 148 Å². The summed E-state index contributed by atoms with van der Waals surface area (Å²) in [5.74, 6) is -0.852. The van der Waals surface area contributed by atoms with Crippen LogP contribution in [0.5, 0.6) is 0 Å². The minimum atomic E-state index is -0.548. The Balaban J connectivity index is 4.99. The monoisotopic (exact) mass is 353 g/mol. The predicted octanol–water partition coefficient (Wildman–Crippen LogP) is 3.04. The van der Waals surface area contributed by atoms with Gasteiger partial charge in [0.05, 0.1) is 19.8 Å². The number of aldehydes is 1. The van der Waals surface area contributed by atoms with Crippen molar-refractivity contribution in [3.05, 3.63) is 35.4 Å². The molecule has 0 bridgehead atoms. The molecule has 2 N–H and O–H groups in total. The number of ketones is 1. The number of hydrogen-bond donors (Lipinski definition) is 2. The van der Waals surface area contributed by atoms with E-state index >= 15 is 0 Å². The number of carbonyl (C=O) groups is 3. The molecule has 0 saturated heterocycles. The fourth-order valence-electron chi connectivity index (χ4n) is 1.93. The number of amides is 1. The molecule has 0 aromatic carbocycles. The van der Waals surface area contributed by atoms with Gasteiger partial charge in [0.25, 0.3) is 0 Å². The first-order valence-electron chi connectivity index (χ1n) is 7.96. The van der Waals surface area contributed by atoms with Crippen LogP contribution in [0, 0.1) is 11.8 Å². The molecule has 0 aliphatic rings. The topological polar surface area (TPSA) is 102 Å². The van der Waals surface area contributed by atoms with E-state index < -0.39 is 23.6 Å². The second kappa shape index (κ2) is 11.9. The number of alkyl carbamates (subject to hydrolysis) is 1. The van der Waals surface area contributed by atoms with Gasteiger partial charge in [-0.2, -0.15) is 0 Å². The van der Waals surface area contributed by atoms with Gasteiger partial charge in [-0.05, 0) is 12.8 Å². The van der Waals surface area contributed by atoms with Crippen molar-refractivity contribution in [3.8, 4) is 0 Å². The fraction of sp³-hybridized carbons (Fsp3) is 0.500. The number of allylic oxidation sites excluding steroid dienone is 4. The van der Waals surface area contributed by atoms with Crippen LogP contribution < -0.4 is 5.32 Å². The highest BCUT2D eigenvalue weighted by Gasteiger charge is 2.18. The lowest BCUT2D eigenvalue weighted by Gasteiger charge is -2.14. The highest BCUT2D eigenvalue weighted by atomic mass is 16.5. The summed E-state index contributed by atoms with van der Waals surface area (Å²) >= 11 is 0. The van der Waals surface area contributed by atoms with Crippen molar-refractivity contribution in [3.63, 3.8) is 0 Å². The van der Waals surface area contributed by atoms with Crippen LogP contribution in [0.25, 0.3) is 0 Å². The Morgan fingerprint density at radius 2 is 1.80 bits per heavy atom. The fourth-order valence-corrected chi connectivity index (χ4v) is 1.93. The van der Waals surface area contributed by atoms with Gasteiger partial charge in [0, 0.05) is 24.1 Å². The Morgan fingerprint density at radius 3 is 2.28 bits per heavy atom. The van der Waals surface area contributed by atoms with Gasteiger partial charge in [-0.25, -0.2) is 4.79 Å². The maximum absolute atomic E-state index is 11.9. The summed E-state index contributed by atoms with van der Waals surface area (Å²) < 4.78 is 9.68. The summed E-state index contributed by atoms with van der Waals surface area (Å²) in [7, 11) is 2.73. The third-order valence-corrected chi connectivity index (χ3v) is 3.45. The molecule has 7 heteroatoms. The Hall–Kier alpha value is -2.57. The molecule has 0 radical (unpaired) electrons. The van der Waals surface area contributed by atoms with Crippen LogP contribution in [0.15, 0.2) is 35.4 Å². The zero-order chi connectivity index (χ0) is 19.4. The van der Waals surface area contributed by atoms with E-state index in [4.69, 9.17) is 4.74 Å². The zero-order valence-electron chi connectivity index (χ0n) is 15.4. The number of ether oxygens (including phenoxy) is 2. The molecule has 0 saturated carbocycles. The molecule has 1 unspecified atom stereocenters. The summed E-state index contributed by atoms with van der Waals surface area (Å²) in [5.41, 5.74) is -0.265. The molecule has 1 atom stereocenters. The number of aliphatic hydroxyl groups excluding tert-OH is 1. The van der Waals surface area contributed by atoms with Crippen LogP contribution >= 0.6 is 0 Å². The van der Waals surface area contributed by atoms with Gasteiger partial charge >= 0.3 is 6.09 Å². The number of aliphatic hydroxyl groups is 1. The van der Waals surface area contributed by atoms with Crippen LogP contribution in [0.3, 0.4) is 0 Å².